The minimum absolute atomic E-state index is 0.441. The summed E-state index contributed by atoms with van der Waals surface area (Å²) in [6.45, 7) is 0. The third kappa shape index (κ3) is 2.54. The third-order valence-corrected chi connectivity index (χ3v) is 7.07. The van der Waals surface area contributed by atoms with Crippen molar-refractivity contribution >= 4 is 33.3 Å². The van der Waals surface area contributed by atoms with Gasteiger partial charge in [-0.2, -0.15) is 0 Å². The highest BCUT2D eigenvalue weighted by atomic mass is 32.2. The van der Waals surface area contributed by atoms with Crippen LogP contribution in [0.25, 0.3) is 10.2 Å². The summed E-state index contributed by atoms with van der Waals surface area (Å²) in [7, 11) is 0. The predicted molar refractivity (Wildman–Crippen MR) is 93.7 cm³/mol. The second kappa shape index (κ2) is 6.11. The van der Waals surface area contributed by atoms with Crippen LogP contribution in [-0.2, 0) is 12.8 Å². The molecule has 0 amide bonds. The van der Waals surface area contributed by atoms with Crippen molar-refractivity contribution in [2.45, 2.75) is 67.5 Å². The van der Waals surface area contributed by atoms with Crippen LogP contribution in [0, 0.1) is 0 Å². The van der Waals surface area contributed by atoms with Crippen LogP contribution in [0.2, 0.25) is 0 Å². The number of hydrogen-bond acceptors (Lipinski definition) is 7. The topological polar surface area (TPSA) is 64.7 Å². The number of rotatable bonds is 3. The first-order valence-electron chi connectivity index (χ1n) is 8.65. The van der Waals surface area contributed by atoms with Gasteiger partial charge in [0, 0.05) is 16.2 Å². The lowest BCUT2D eigenvalue weighted by molar-refractivity contribution is 0.334. The first kappa shape index (κ1) is 14.8. The van der Waals surface area contributed by atoms with E-state index in [-0.39, 0.29) is 0 Å². The van der Waals surface area contributed by atoms with Crippen LogP contribution in [0.4, 0.5) is 0 Å². The Morgan fingerprint density at radius 2 is 1.96 bits per heavy atom. The number of nitrogens with zero attached hydrogens (tertiary/aromatic N) is 4. The van der Waals surface area contributed by atoms with Gasteiger partial charge in [-0.25, -0.2) is 9.97 Å². The highest BCUT2D eigenvalue weighted by Gasteiger charge is 2.24. The molecule has 0 saturated heterocycles. The number of aromatic nitrogens is 4. The Kier molecular flexibility index (Phi) is 3.78. The van der Waals surface area contributed by atoms with Gasteiger partial charge in [0.05, 0.1) is 0 Å². The van der Waals surface area contributed by atoms with Gasteiger partial charge in [-0.1, -0.05) is 19.3 Å². The van der Waals surface area contributed by atoms with Gasteiger partial charge in [0.2, 0.25) is 5.89 Å². The molecule has 5 rings (SSSR count). The largest absolute Gasteiger partial charge is 0.415 e. The molecule has 0 aliphatic heterocycles. The molecule has 1 fully saturated rings. The summed E-state index contributed by atoms with van der Waals surface area (Å²) in [5, 5.41) is 11.3. The van der Waals surface area contributed by atoms with E-state index in [9.17, 15) is 0 Å². The van der Waals surface area contributed by atoms with E-state index in [1.54, 1.807) is 6.33 Å². The molecule has 3 heterocycles. The molecule has 0 aromatic carbocycles. The summed E-state index contributed by atoms with van der Waals surface area (Å²) in [4.78, 5) is 11.5. The third-order valence-electron chi connectivity index (χ3n) is 5.03. The number of aryl methyl sites for hydroxylation is 2. The molecule has 7 heteroatoms. The van der Waals surface area contributed by atoms with Crippen molar-refractivity contribution in [2.75, 3.05) is 0 Å². The van der Waals surface area contributed by atoms with Gasteiger partial charge in [0.25, 0.3) is 5.22 Å². The van der Waals surface area contributed by atoms with Gasteiger partial charge in [-0.3, -0.25) is 0 Å². The summed E-state index contributed by atoms with van der Waals surface area (Å²) in [6, 6.07) is 0. The summed E-state index contributed by atoms with van der Waals surface area (Å²) in [5.41, 5.74) is 1.44. The second-order valence-electron chi connectivity index (χ2n) is 6.56. The predicted octanol–water partition coefficient (Wildman–Crippen LogP) is 4.76. The lowest BCUT2D eigenvalue weighted by Crippen LogP contribution is -2.04. The Bertz CT molecular complexity index is 882. The summed E-state index contributed by atoms with van der Waals surface area (Å²) >= 11 is 3.30. The molecule has 3 aromatic heterocycles. The van der Waals surface area contributed by atoms with Crippen LogP contribution in [-0.4, -0.2) is 20.2 Å². The highest BCUT2D eigenvalue weighted by Crippen LogP contribution is 2.42. The maximum absolute atomic E-state index is 5.96. The van der Waals surface area contributed by atoms with Crippen molar-refractivity contribution in [3.05, 3.63) is 22.7 Å². The highest BCUT2D eigenvalue weighted by molar-refractivity contribution is 7.99. The summed E-state index contributed by atoms with van der Waals surface area (Å²) in [5.74, 6) is 1.24. The van der Waals surface area contributed by atoms with Gasteiger partial charge in [-0.05, 0) is 49.4 Å². The van der Waals surface area contributed by atoms with Crippen molar-refractivity contribution < 1.29 is 4.42 Å². The van der Waals surface area contributed by atoms with E-state index in [0.717, 1.165) is 22.2 Å². The van der Waals surface area contributed by atoms with Crippen molar-refractivity contribution in [3.8, 4) is 0 Å². The summed E-state index contributed by atoms with van der Waals surface area (Å²) in [6.07, 6.45) is 11.4. The SMILES string of the molecule is c1nc(Sc2nnc(C3CCCCC3)o2)c2c3c(sc2n1)CCC3. The normalized spacial score (nSPS) is 18.3. The molecular weight excluding hydrogens is 340 g/mol. The fourth-order valence-electron chi connectivity index (χ4n) is 3.84. The Morgan fingerprint density at radius 3 is 2.88 bits per heavy atom. The Labute approximate surface area is 148 Å². The van der Waals surface area contributed by atoms with Crippen LogP contribution >= 0.6 is 23.1 Å². The standard InChI is InChI=1S/C17H18N4OS2/c1-2-5-10(6-3-1)14-20-21-17(22-14)24-16-13-11-7-4-8-12(11)23-15(13)18-9-19-16/h9-10H,1-8H2. The Morgan fingerprint density at radius 1 is 1.04 bits per heavy atom. The first-order chi connectivity index (χ1) is 11.9. The molecule has 0 unspecified atom stereocenters. The molecule has 5 nitrogen and oxygen atoms in total. The first-order valence-corrected chi connectivity index (χ1v) is 10.3. The van der Waals surface area contributed by atoms with E-state index in [1.165, 1.54) is 72.5 Å². The van der Waals surface area contributed by atoms with E-state index in [2.05, 4.69) is 20.2 Å². The van der Waals surface area contributed by atoms with E-state index >= 15 is 0 Å². The fourth-order valence-corrected chi connectivity index (χ4v) is 5.93. The maximum Gasteiger partial charge on any atom is 0.282 e. The molecule has 2 aliphatic rings. The molecule has 3 aromatic rings. The maximum atomic E-state index is 5.96. The van der Waals surface area contributed by atoms with Crippen molar-refractivity contribution in [3.63, 3.8) is 0 Å². The van der Waals surface area contributed by atoms with Crippen LogP contribution in [0.3, 0.4) is 0 Å². The molecule has 0 atom stereocenters. The molecule has 0 bridgehead atoms. The van der Waals surface area contributed by atoms with Crippen molar-refractivity contribution in [1.82, 2.24) is 20.2 Å². The number of fused-ring (bicyclic) bond motifs is 3. The zero-order chi connectivity index (χ0) is 15.9. The second-order valence-corrected chi connectivity index (χ2v) is 8.58. The van der Waals surface area contributed by atoms with Gasteiger partial charge in [0.15, 0.2) is 0 Å². The minimum Gasteiger partial charge on any atom is -0.415 e. The van der Waals surface area contributed by atoms with Gasteiger partial charge < -0.3 is 4.42 Å². The number of hydrogen-bond donors (Lipinski definition) is 0. The minimum atomic E-state index is 0.441. The average molecular weight is 358 g/mol. The zero-order valence-electron chi connectivity index (χ0n) is 13.3. The molecule has 124 valence electrons. The number of thiophene rings is 1. The molecule has 0 spiro atoms. The van der Waals surface area contributed by atoms with Crippen LogP contribution < -0.4 is 0 Å². The lowest BCUT2D eigenvalue weighted by Gasteiger charge is -2.17. The molecular formula is C17H18N4OS2. The Hall–Kier alpha value is -1.47. The molecule has 1 saturated carbocycles. The van der Waals surface area contributed by atoms with Crippen molar-refractivity contribution in [2.24, 2.45) is 0 Å². The van der Waals surface area contributed by atoms with Crippen LogP contribution in [0.5, 0.6) is 0 Å². The smallest absolute Gasteiger partial charge is 0.282 e. The van der Waals surface area contributed by atoms with Gasteiger partial charge in [0.1, 0.15) is 16.2 Å². The Balaban J connectivity index is 1.46. The van der Waals surface area contributed by atoms with Crippen LogP contribution in [0.15, 0.2) is 21.0 Å². The lowest BCUT2D eigenvalue weighted by atomic mass is 9.89. The van der Waals surface area contributed by atoms with E-state index in [4.69, 9.17) is 4.42 Å². The molecule has 2 aliphatic carbocycles. The van der Waals surface area contributed by atoms with Gasteiger partial charge >= 0.3 is 0 Å². The zero-order valence-corrected chi connectivity index (χ0v) is 15.0. The van der Waals surface area contributed by atoms with E-state index in [1.807, 2.05) is 11.3 Å². The average Bonchev–Trinajstić information content (AvgIpc) is 3.31. The summed E-state index contributed by atoms with van der Waals surface area (Å²) < 4.78 is 5.96. The monoisotopic (exact) mass is 358 g/mol. The molecule has 0 radical (unpaired) electrons. The van der Waals surface area contributed by atoms with E-state index < -0.39 is 0 Å². The fraction of sp³-hybridized carbons (Fsp3) is 0.529. The molecule has 24 heavy (non-hydrogen) atoms. The van der Waals surface area contributed by atoms with Crippen LogP contribution in [0.1, 0.15) is 60.8 Å². The van der Waals surface area contributed by atoms with Gasteiger partial charge in [-0.15, -0.1) is 21.5 Å². The quantitative estimate of drug-likeness (QED) is 0.629. The molecule has 0 N–H and O–H groups in total. The van der Waals surface area contributed by atoms with E-state index in [0.29, 0.717) is 11.1 Å². The van der Waals surface area contributed by atoms with Crippen molar-refractivity contribution in [1.29, 1.82) is 0 Å².